The number of rotatable bonds is 11. The summed E-state index contributed by atoms with van der Waals surface area (Å²) in [6, 6.07) is 0. The summed E-state index contributed by atoms with van der Waals surface area (Å²) in [5.41, 5.74) is 0. The van der Waals surface area contributed by atoms with E-state index in [1.807, 2.05) is 0 Å². The third-order valence-corrected chi connectivity index (χ3v) is 3.34. The second kappa shape index (κ2) is 11.9. The van der Waals surface area contributed by atoms with Gasteiger partial charge in [-0.3, -0.25) is 4.79 Å². The maximum Gasteiger partial charge on any atom is 0.305 e. The van der Waals surface area contributed by atoms with E-state index >= 15 is 0 Å². The van der Waals surface area contributed by atoms with E-state index in [4.69, 9.17) is 0 Å². The Morgan fingerprint density at radius 2 is 1.59 bits per heavy atom. The van der Waals surface area contributed by atoms with Crippen LogP contribution >= 0.6 is 0 Å². The molecule has 2 nitrogen and oxygen atoms in total. The summed E-state index contributed by atoms with van der Waals surface area (Å²) in [6.07, 6.45) is 12.1. The number of unbranched alkanes of at least 4 members (excludes halogenated alkanes) is 5. The van der Waals surface area contributed by atoms with Crippen molar-refractivity contribution in [3.05, 3.63) is 0 Å². The van der Waals surface area contributed by atoms with Crippen LogP contribution in [-0.4, -0.2) is 13.1 Å². The van der Waals surface area contributed by atoms with Gasteiger partial charge in [-0.15, -0.1) is 0 Å². The lowest BCUT2D eigenvalue weighted by Gasteiger charge is -2.09. The molecule has 1 atom stereocenters. The first-order chi connectivity index (χ1) is 8.20. The van der Waals surface area contributed by atoms with Crippen LogP contribution in [0.5, 0.6) is 0 Å². The summed E-state index contributed by atoms with van der Waals surface area (Å²) in [7, 11) is 1.46. The predicted molar refractivity (Wildman–Crippen MR) is 73.0 cm³/mol. The highest BCUT2D eigenvalue weighted by Gasteiger charge is 2.01. The number of hydrogen-bond donors (Lipinski definition) is 0. The average Bonchev–Trinajstić information content (AvgIpc) is 2.32. The van der Waals surface area contributed by atoms with Crippen molar-refractivity contribution in [3.8, 4) is 0 Å². The van der Waals surface area contributed by atoms with Crippen LogP contribution in [0.25, 0.3) is 0 Å². The highest BCUT2D eigenvalue weighted by molar-refractivity contribution is 5.68. The van der Waals surface area contributed by atoms with Gasteiger partial charge in [-0.1, -0.05) is 65.2 Å². The molecule has 102 valence electrons. The van der Waals surface area contributed by atoms with E-state index in [1.165, 1.54) is 58.5 Å². The molecule has 0 aromatic carbocycles. The number of esters is 1. The van der Waals surface area contributed by atoms with Gasteiger partial charge in [0.15, 0.2) is 0 Å². The molecule has 2 heteroatoms. The van der Waals surface area contributed by atoms with Gasteiger partial charge in [0.2, 0.25) is 0 Å². The minimum atomic E-state index is -0.0709. The number of carbonyl (C=O) groups excluding carboxylic acids is 1. The topological polar surface area (TPSA) is 26.3 Å². The van der Waals surface area contributed by atoms with Crippen LogP contribution in [0.1, 0.15) is 78.1 Å². The van der Waals surface area contributed by atoms with Crippen LogP contribution in [-0.2, 0) is 9.53 Å². The Morgan fingerprint density at radius 1 is 1.00 bits per heavy atom. The van der Waals surface area contributed by atoms with E-state index in [0.29, 0.717) is 6.42 Å². The standard InChI is InChI=1S/C15H30O2/c1-4-11-14(2)12-9-7-5-6-8-10-13-15(16)17-3/h14H,4-13H2,1-3H3. The molecule has 0 spiro atoms. The predicted octanol–water partition coefficient (Wildman–Crippen LogP) is 4.72. The molecule has 0 bridgehead atoms. The first-order valence-corrected chi connectivity index (χ1v) is 7.27. The molecular formula is C15H30O2. The molecule has 0 aliphatic carbocycles. The lowest BCUT2D eigenvalue weighted by molar-refractivity contribution is -0.140. The summed E-state index contributed by atoms with van der Waals surface area (Å²) in [4.78, 5) is 10.9. The van der Waals surface area contributed by atoms with Crippen molar-refractivity contribution in [1.82, 2.24) is 0 Å². The molecule has 0 saturated heterocycles. The molecule has 0 N–H and O–H groups in total. The zero-order valence-corrected chi connectivity index (χ0v) is 12.0. The molecule has 0 aliphatic heterocycles. The van der Waals surface area contributed by atoms with Gasteiger partial charge in [0, 0.05) is 6.42 Å². The van der Waals surface area contributed by atoms with E-state index in [-0.39, 0.29) is 5.97 Å². The van der Waals surface area contributed by atoms with E-state index in [9.17, 15) is 4.79 Å². The number of hydrogen-bond acceptors (Lipinski definition) is 2. The van der Waals surface area contributed by atoms with Gasteiger partial charge in [0.25, 0.3) is 0 Å². The Labute approximate surface area is 107 Å². The quantitative estimate of drug-likeness (QED) is 0.387. The molecular weight excluding hydrogens is 212 g/mol. The van der Waals surface area contributed by atoms with Crippen molar-refractivity contribution in [2.24, 2.45) is 5.92 Å². The zero-order chi connectivity index (χ0) is 12.9. The van der Waals surface area contributed by atoms with Crippen molar-refractivity contribution >= 4 is 5.97 Å². The minimum Gasteiger partial charge on any atom is -0.469 e. The Kier molecular flexibility index (Phi) is 11.6. The van der Waals surface area contributed by atoms with Crippen LogP contribution in [0, 0.1) is 5.92 Å². The molecule has 0 fully saturated rings. The molecule has 0 saturated carbocycles. The SMILES string of the molecule is CCCC(C)CCCCCCCCC(=O)OC. The first kappa shape index (κ1) is 16.5. The number of carbonyl (C=O) groups is 1. The fraction of sp³-hybridized carbons (Fsp3) is 0.933. The van der Waals surface area contributed by atoms with Crippen molar-refractivity contribution in [1.29, 1.82) is 0 Å². The third-order valence-electron chi connectivity index (χ3n) is 3.34. The third kappa shape index (κ3) is 11.7. The Balaban J connectivity index is 3.11. The Morgan fingerprint density at radius 3 is 2.18 bits per heavy atom. The lowest BCUT2D eigenvalue weighted by Crippen LogP contribution is -1.99. The van der Waals surface area contributed by atoms with Crippen LogP contribution < -0.4 is 0 Å². The van der Waals surface area contributed by atoms with Gasteiger partial charge in [-0.25, -0.2) is 0 Å². The number of methoxy groups -OCH3 is 1. The summed E-state index contributed by atoms with van der Waals surface area (Å²) >= 11 is 0. The van der Waals surface area contributed by atoms with Gasteiger partial charge in [-0.05, 0) is 12.3 Å². The van der Waals surface area contributed by atoms with E-state index < -0.39 is 0 Å². The molecule has 0 aliphatic rings. The normalized spacial score (nSPS) is 12.4. The fourth-order valence-corrected chi connectivity index (χ4v) is 2.21. The maximum atomic E-state index is 10.9. The van der Waals surface area contributed by atoms with Crippen LogP contribution in [0.4, 0.5) is 0 Å². The van der Waals surface area contributed by atoms with Gasteiger partial charge < -0.3 is 4.74 Å². The second-order valence-electron chi connectivity index (χ2n) is 5.13. The molecule has 1 unspecified atom stereocenters. The highest BCUT2D eigenvalue weighted by Crippen LogP contribution is 2.16. The average molecular weight is 242 g/mol. The lowest BCUT2D eigenvalue weighted by atomic mass is 9.98. The smallest absolute Gasteiger partial charge is 0.305 e. The molecule has 0 heterocycles. The minimum absolute atomic E-state index is 0.0709. The van der Waals surface area contributed by atoms with E-state index in [0.717, 1.165) is 12.3 Å². The van der Waals surface area contributed by atoms with Crippen LogP contribution in [0.2, 0.25) is 0 Å². The summed E-state index contributed by atoms with van der Waals surface area (Å²) in [6.45, 7) is 4.62. The zero-order valence-electron chi connectivity index (χ0n) is 12.0. The molecule has 0 amide bonds. The molecule has 0 aromatic rings. The van der Waals surface area contributed by atoms with Gasteiger partial charge in [0.1, 0.15) is 0 Å². The molecule has 0 radical (unpaired) electrons. The van der Waals surface area contributed by atoms with Crippen molar-refractivity contribution < 1.29 is 9.53 Å². The van der Waals surface area contributed by atoms with Crippen LogP contribution in [0.3, 0.4) is 0 Å². The largest absolute Gasteiger partial charge is 0.469 e. The summed E-state index contributed by atoms with van der Waals surface area (Å²) in [5, 5.41) is 0. The van der Waals surface area contributed by atoms with Crippen molar-refractivity contribution in [2.75, 3.05) is 7.11 Å². The Bertz CT molecular complexity index is 178. The van der Waals surface area contributed by atoms with Gasteiger partial charge in [0.05, 0.1) is 7.11 Å². The second-order valence-corrected chi connectivity index (χ2v) is 5.13. The summed E-state index contributed by atoms with van der Waals surface area (Å²) < 4.78 is 4.61. The summed E-state index contributed by atoms with van der Waals surface area (Å²) in [5.74, 6) is 0.831. The van der Waals surface area contributed by atoms with Crippen molar-refractivity contribution in [2.45, 2.75) is 78.1 Å². The molecule has 17 heavy (non-hydrogen) atoms. The highest BCUT2D eigenvalue weighted by atomic mass is 16.5. The number of ether oxygens (including phenoxy) is 1. The molecule has 0 aromatic heterocycles. The van der Waals surface area contributed by atoms with Gasteiger partial charge >= 0.3 is 5.97 Å². The monoisotopic (exact) mass is 242 g/mol. The fourth-order valence-electron chi connectivity index (χ4n) is 2.21. The van der Waals surface area contributed by atoms with Gasteiger partial charge in [-0.2, -0.15) is 0 Å². The first-order valence-electron chi connectivity index (χ1n) is 7.27. The van der Waals surface area contributed by atoms with Crippen LogP contribution in [0.15, 0.2) is 0 Å². The van der Waals surface area contributed by atoms with E-state index in [1.54, 1.807) is 0 Å². The van der Waals surface area contributed by atoms with E-state index in [2.05, 4.69) is 18.6 Å². The maximum absolute atomic E-state index is 10.9. The Hall–Kier alpha value is -0.530. The van der Waals surface area contributed by atoms with Crippen molar-refractivity contribution in [3.63, 3.8) is 0 Å². The molecule has 0 rings (SSSR count).